The highest BCUT2D eigenvalue weighted by Gasteiger charge is 2.20. The summed E-state index contributed by atoms with van der Waals surface area (Å²) < 4.78 is 5.28. The van der Waals surface area contributed by atoms with Gasteiger partial charge in [-0.25, -0.2) is 0 Å². The molecule has 0 spiro atoms. The molecule has 4 nitrogen and oxygen atoms in total. The molecule has 0 atom stereocenters. The zero-order valence-corrected chi connectivity index (χ0v) is 14.5. The molecule has 0 radical (unpaired) electrons. The number of piperazine rings is 1. The van der Waals surface area contributed by atoms with Gasteiger partial charge in [0, 0.05) is 50.6 Å². The van der Waals surface area contributed by atoms with Crippen molar-refractivity contribution >= 4 is 17.5 Å². The van der Waals surface area contributed by atoms with Crippen LogP contribution < -0.4 is 0 Å². The lowest BCUT2D eigenvalue weighted by atomic mass is 10.1. The molecule has 1 aliphatic heterocycles. The highest BCUT2D eigenvalue weighted by atomic mass is 35.5. The van der Waals surface area contributed by atoms with Crippen molar-refractivity contribution in [2.45, 2.75) is 19.3 Å². The van der Waals surface area contributed by atoms with Crippen LogP contribution in [-0.4, -0.2) is 48.4 Å². The normalized spacial score (nSPS) is 15.6. The number of nitrogens with zero attached hydrogens (tertiary/aromatic N) is 2. The number of carbonyl (C=O) groups is 1. The molecular weight excluding hydrogens is 324 g/mol. The van der Waals surface area contributed by atoms with Crippen LogP contribution in [0.15, 0.2) is 47.1 Å². The molecule has 1 aromatic carbocycles. The molecule has 128 valence electrons. The minimum atomic E-state index is 0.223. The molecular formula is C19H23ClN2O2. The molecule has 2 aromatic rings. The molecule has 1 aromatic heterocycles. The van der Waals surface area contributed by atoms with Crippen LogP contribution in [0.4, 0.5) is 0 Å². The van der Waals surface area contributed by atoms with Gasteiger partial charge >= 0.3 is 0 Å². The van der Waals surface area contributed by atoms with Crippen molar-refractivity contribution in [2.24, 2.45) is 0 Å². The molecule has 3 rings (SSSR count). The van der Waals surface area contributed by atoms with Crippen LogP contribution in [0.2, 0.25) is 5.02 Å². The Morgan fingerprint density at radius 2 is 1.92 bits per heavy atom. The third-order valence-electron chi connectivity index (χ3n) is 4.50. The number of carbonyl (C=O) groups excluding carboxylic acids is 1. The number of halogens is 1. The largest absolute Gasteiger partial charge is 0.469 e. The summed E-state index contributed by atoms with van der Waals surface area (Å²) in [6.07, 6.45) is 3.85. The Hall–Kier alpha value is -1.78. The number of amides is 1. The van der Waals surface area contributed by atoms with Crippen LogP contribution in [-0.2, 0) is 17.6 Å². The average Bonchev–Trinajstić information content (AvgIpc) is 3.12. The van der Waals surface area contributed by atoms with Crippen LogP contribution in [0.3, 0.4) is 0 Å². The molecule has 0 unspecified atom stereocenters. The predicted octanol–water partition coefficient (Wildman–Crippen LogP) is 3.25. The monoisotopic (exact) mass is 346 g/mol. The molecule has 24 heavy (non-hydrogen) atoms. The number of hydrogen-bond donors (Lipinski definition) is 0. The minimum Gasteiger partial charge on any atom is -0.469 e. The first-order valence-corrected chi connectivity index (χ1v) is 8.85. The van der Waals surface area contributed by atoms with Crippen molar-refractivity contribution in [2.75, 3.05) is 32.7 Å². The highest BCUT2D eigenvalue weighted by Crippen LogP contribution is 2.13. The number of rotatable bonds is 6. The lowest BCUT2D eigenvalue weighted by molar-refractivity contribution is -0.132. The van der Waals surface area contributed by atoms with Gasteiger partial charge in [-0.15, -0.1) is 0 Å². The van der Waals surface area contributed by atoms with E-state index >= 15 is 0 Å². The second-order valence-corrected chi connectivity index (χ2v) is 6.62. The first-order valence-electron chi connectivity index (χ1n) is 8.48. The average molecular weight is 347 g/mol. The summed E-state index contributed by atoms with van der Waals surface area (Å²) in [5.41, 5.74) is 1.26. The zero-order valence-electron chi connectivity index (χ0n) is 13.8. The summed E-state index contributed by atoms with van der Waals surface area (Å²) in [6.45, 7) is 4.51. The van der Waals surface area contributed by atoms with E-state index in [2.05, 4.69) is 11.0 Å². The molecule has 2 heterocycles. The summed E-state index contributed by atoms with van der Waals surface area (Å²) in [5.74, 6) is 1.10. The standard InChI is InChI=1S/C19H23ClN2O2/c20-17-4-1-3-16(15-17)8-9-21-10-12-22(13-11-21)19(23)7-6-18-5-2-14-24-18/h1-5,14-15H,6-13H2. The maximum atomic E-state index is 12.3. The summed E-state index contributed by atoms with van der Waals surface area (Å²) in [4.78, 5) is 16.7. The Balaban J connectivity index is 1.38. The maximum absolute atomic E-state index is 12.3. The van der Waals surface area contributed by atoms with Crippen molar-refractivity contribution < 1.29 is 9.21 Å². The number of aryl methyl sites for hydroxylation is 1. The van der Waals surface area contributed by atoms with Crippen molar-refractivity contribution in [3.8, 4) is 0 Å². The maximum Gasteiger partial charge on any atom is 0.223 e. The summed E-state index contributed by atoms with van der Waals surface area (Å²) >= 11 is 6.02. The van der Waals surface area contributed by atoms with Gasteiger partial charge < -0.3 is 9.32 Å². The Morgan fingerprint density at radius 1 is 1.08 bits per heavy atom. The lowest BCUT2D eigenvalue weighted by Gasteiger charge is -2.34. The highest BCUT2D eigenvalue weighted by molar-refractivity contribution is 6.30. The Labute approximate surface area is 148 Å². The summed E-state index contributed by atoms with van der Waals surface area (Å²) in [7, 11) is 0. The first kappa shape index (κ1) is 17.1. The van der Waals surface area contributed by atoms with E-state index in [1.807, 2.05) is 35.2 Å². The molecule has 5 heteroatoms. The van der Waals surface area contributed by atoms with Gasteiger partial charge in [0.05, 0.1) is 6.26 Å². The minimum absolute atomic E-state index is 0.223. The molecule has 0 bridgehead atoms. The third-order valence-corrected chi connectivity index (χ3v) is 4.73. The van der Waals surface area contributed by atoms with Gasteiger partial charge in [0.25, 0.3) is 0 Å². The van der Waals surface area contributed by atoms with Crippen molar-refractivity contribution in [3.05, 3.63) is 59.0 Å². The van der Waals surface area contributed by atoms with E-state index in [-0.39, 0.29) is 5.91 Å². The van der Waals surface area contributed by atoms with Gasteiger partial charge in [-0.05, 0) is 36.2 Å². The molecule has 0 N–H and O–H groups in total. The van der Waals surface area contributed by atoms with Crippen LogP contribution in [0.1, 0.15) is 17.7 Å². The van der Waals surface area contributed by atoms with Crippen LogP contribution in [0.5, 0.6) is 0 Å². The van der Waals surface area contributed by atoms with E-state index in [4.69, 9.17) is 16.0 Å². The predicted molar refractivity (Wildman–Crippen MR) is 95.2 cm³/mol. The van der Waals surface area contributed by atoms with Crippen molar-refractivity contribution in [3.63, 3.8) is 0 Å². The first-order chi connectivity index (χ1) is 11.7. The van der Waals surface area contributed by atoms with E-state index < -0.39 is 0 Å². The van der Waals surface area contributed by atoms with Gasteiger partial charge in [0.2, 0.25) is 5.91 Å². The molecule has 0 aliphatic carbocycles. The van der Waals surface area contributed by atoms with Crippen molar-refractivity contribution in [1.29, 1.82) is 0 Å². The fourth-order valence-electron chi connectivity index (χ4n) is 3.04. The van der Waals surface area contributed by atoms with Gasteiger partial charge in [-0.1, -0.05) is 23.7 Å². The topological polar surface area (TPSA) is 36.7 Å². The van der Waals surface area contributed by atoms with E-state index in [0.29, 0.717) is 12.8 Å². The zero-order chi connectivity index (χ0) is 16.8. The second-order valence-electron chi connectivity index (χ2n) is 6.18. The Bertz CT molecular complexity index is 649. The van der Waals surface area contributed by atoms with Gasteiger partial charge in [-0.3, -0.25) is 9.69 Å². The fraction of sp³-hybridized carbons (Fsp3) is 0.421. The van der Waals surface area contributed by atoms with Crippen LogP contribution in [0.25, 0.3) is 0 Å². The van der Waals surface area contributed by atoms with E-state index in [1.165, 1.54) is 5.56 Å². The Kier molecular flexibility index (Phi) is 5.94. The van der Waals surface area contributed by atoms with Crippen molar-refractivity contribution in [1.82, 2.24) is 9.80 Å². The summed E-state index contributed by atoms with van der Waals surface area (Å²) in [6, 6.07) is 11.8. The molecule has 1 saturated heterocycles. The molecule has 1 aliphatic rings. The lowest BCUT2D eigenvalue weighted by Crippen LogP contribution is -2.49. The fourth-order valence-corrected chi connectivity index (χ4v) is 3.26. The van der Waals surface area contributed by atoms with E-state index in [0.717, 1.165) is 49.9 Å². The van der Waals surface area contributed by atoms with Crippen LogP contribution >= 0.6 is 11.6 Å². The number of hydrogen-bond acceptors (Lipinski definition) is 3. The van der Waals surface area contributed by atoms with Gasteiger partial charge in [0.1, 0.15) is 5.76 Å². The SMILES string of the molecule is O=C(CCc1ccco1)N1CCN(CCc2cccc(Cl)c2)CC1. The second kappa shape index (κ2) is 8.36. The molecule has 1 fully saturated rings. The summed E-state index contributed by atoms with van der Waals surface area (Å²) in [5, 5.41) is 0.791. The van der Waals surface area contributed by atoms with Gasteiger partial charge in [0.15, 0.2) is 0 Å². The quantitative estimate of drug-likeness (QED) is 0.805. The molecule has 1 amide bonds. The number of benzene rings is 1. The van der Waals surface area contributed by atoms with Gasteiger partial charge in [-0.2, -0.15) is 0 Å². The smallest absolute Gasteiger partial charge is 0.223 e. The van der Waals surface area contributed by atoms with Crippen LogP contribution in [0, 0.1) is 0 Å². The Morgan fingerprint density at radius 3 is 2.62 bits per heavy atom. The molecule has 0 saturated carbocycles. The van der Waals surface area contributed by atoms with E-state index in [9.17, 15) is 4.79 Å². The van der Waals surface area contributed by atoms with E-state index in [1.54, 1.807) is 6.26 Å². The number of furan rings is 1. The third kappa shape index (κ3) is 4.86.